The molecule has 0 saturated carbocycles. The minimum Gasteiger partial charge on any atom is -0.394 e. The lowest BCUT2D eigenvalue weighted by Gasteiger charge is -2.16. The van der Waals surface area contributed by atoms with Crippen LogP contribution in [-0.4, -0.2) is 59.8 Å². The smallest absolute Gasteiger partial charge is 0.166 e. The maximum atomic E-state index is 10.2. The van der Waals surface area contributed by atoms with Gasteiger partial charge in [-0.3, -0.25) is 4.57 Å². The molecule has 4 rings (SSSR count). The fraction of sp³-hybridized carbons (Fsp3) is 0.353. The summed E-state index contributed by atoms with van der Waals surface area (Å²) in [5.74, 6) is 0. The van der Waals surface area contributed by atoms with Crippen LogP contribution in [0.3, 0.4) is 0 Å². The van der Waals surface area contributed by atoms with Crippen molar-refractivity contribution in [3.05, 3.63) is 42.5 Å². The van der Waals surface area contributed by atoms with Gasteiger partial charge >= 0.3 is 0 Å². The summed E-state index contributed by atoms with van der Waals surface area (Å²) in [5, 5.41) is 29.5. The molecule has 25 heavy (non-hydrogen) atoms. The maximum absolute atomic E-state index is 10.2. The number of benzene rings is 1. The number of ether oxygens (including phenoxy) is 1. The molecule has 3 heterocycles. The maximum Gasteiger partial charge on any atom is 0.166 e. The molecule has 130 valence electrons. The van der Waals surface area contributed by atoms with Crippen LogP contribution in [0.5, 0.6) is 0 Å². The van der Waals surface area contributed by atoms with Crippen LogP contribution < -0.4 is 0 Å². The van der Waals surface area contributed by atoms with Gasteiger partial charge in [-0.2, -0.15) is 0 Å². The molecule has 0 bridgehead atoms. The predicted octanol–water partition coefficient (Wildman–Crippen LogP) is 0.413. The number of hydrogen-bond donors (Lipinski definition) is 3. The molecule has 1 saturated heterocycles. The summed E-state index contributed by atoms with van der Waals surface area (Å²) in [5.41, 5.74) is 3.76. The van der Waals surface area contributed by atoms with E-state index in [1.807, 2.05) is 31.2 Å². The predicted molar refractivity (Wildman–Crippen MR) is 88.5 cm³/mol. The number of imidazole rings is 1. The molecule has 4 atom stereocenters. The van der Waals surface area contributed by atoms with Crippen LogP contribution >= 0.6 is 0 Å². The van der Waals surface area contributed by atoms with Crippen molar-refractivity contribution in [2.75, 3.05) is 6.61 Å². The van der Waals surface area contributed by atoms with Crippen LogP contribution in [0.15, 0.2) is 36.9 Å². The molecule has 2 aromatic heterocycles. The number of aromatic nitrogens is 4. The third kappa shape index (κ3) is 2.50. The molecule has 3 aromatic rings. The zero-order chi connectivity index (χ0) is 17.6. The van der Waals surface area contributed by atoms with Gasteiger partial charge in [-0.25, -0.2) is 15.0 Å². The Hall–Kier alpha value is -2.39. The van der Waals surface area contributed by atoms with Crippen LogP contribution in [0.25, 0.3) is 22.4 Å². The van der Waals surface area contributed by atoms with Crippen molar-refractivity contribution >= 4 is 11.2 Å². The highest BCUT2D eigenvalue weighted by atomic mass is 16.6. The summed E-state index contributed by atoms with van der Waals surface area (Å²) >= 11 is 0. The minimum absolute atomic E-state index is 0.384. The van der Waals surface area contributed by atoms with Gasteiger partial charge in [0.15, 0.2) is 11.9 Å². The number of hydrogen-bond acceptors (Lipinski definition) is 7. The Morgan fingerprint density at radius 2 is 1.92 bits per heavy atom. The average Bonchev–Trinajstić information content (AvgIpc) is 3.17. The van der Waals surface area contributed by atoms with E-state index in [-0.39, 0.29) is 6.61 Å². The summed E-state index contributed by atoms with van der Waals surface area (Å²) < 4.78 is 7.13. The lowest BCUT2D eigenvalue weighted by atomic mass is 10.1. The number of fused-ring (bicyclic) bond motifs is 1. The highest BCUT2D eigenvalue weighted by Gasteiger charge is 2.44. The SMILES string of the molecule is Cc1ccccc1-c1ncnc2c1ncn2C1O[C@H](CO)[C@@H](O)[C@H]1O. The Labute approximate surface area is 143 Å². The van der Waals surface area contributed by atoms with E-state index in [2.05, 4.69) is 15.0 Å². The van der Waals surface area contributed by atoms with E-state index in [4.69, 9.17) is 4.74 Å². The zero-order valence-electron chi connectivity index (χ0n) is 13.5. The first kappa shape index (κ1) is 16.1. The Morgan fingerprint density at radius 3 is 2.64 bits per heavy atom. The van der Waals surface area contributed by atoms with Crippen LogP contribution in [0.4, 0.5) is 0 Å². The first-order chi connectivity index (χ1) is 12.1. The van der Waals surface area contributed by atoms with Gasteiger partial charge < -0.3 is 20.1 Å². The molecule has 0 aliphatic carbocycles. The molecular weight excluding hydrogens is 324 g/mol. The van der Waals surface area contributed by atoms with E-state index in [0.717, 1.165) is 11.1 Å². The summed E-state index contributed by atoms with van der Waals surface area (Å²) in [6.45, 7) is 1.61. The van der Waals surface area contributed by atoms with Gasteiger partial charge in [0.25, 0.3) is 0 Å². The Bertz CT molecular complexity index is 913. The Balaban J connectivity index is 1.82. The zero-order valence-corrected chi connectivity index (χ0v) is 13.5. The van der Waals surface area contributed by atoms with Gasteiger partial charge in [-0.05, 0) is 12.5 Å². The van der Waals surface area contributed by atoms with Crippen molar-refractivity contribution in [1.29, 1.82) is 0 Å². The van der Waals surface area contributed by atoms with Crippen LogP contribution in [0, 0.1) is 6.92 Å². The van der Waals surface area contributed by atoms with E-state index < -0.39 is 24.5 Å². The molecule has 1 aromatic carbocycles. The van der Waals surface area contributed by atoms with Gasteiger partial charge in [-0.15, -0.1) is 0 Å². The van der Waals surface area contributed by atoms with Crippen LogP contribution in [0.1, 0.15) is 11.8 Å². The molecule has 0 radical (unpaired) electrons. The highest BCUT2D eigenvalue weighted by Crippen LogP contribution is 2.33. The normalized spacial score (nSPS) is 26.4. The van der Waals surface area contributed by atoms with Crippen LogP contribution in [-0.2, 0) is 4.74 Å². The Kier molecular flexibility index (Phi) is 3.97. The van der Waals surface area contributed by atoms with E-state index in [1.54, 1.807) is 4.57 Å². The second-order valence-corrected chi connectivity index (χ2v) is 6.09. The molecule has 1 aliphatic rings. The number of aliphatic hydroxyl groups excluding tert-OH is 3. The van der Waals surface area contributed by atoms with E-state index in [1.165, 1.54) is 12.7 Å². The topological polar surface area (TPSA) is 114 Å². The van der Waals surface area contributed by atoms with E-state index in [0.29, 0.717) is 16.9 Å². The van der Waals surface area contributed by atoms with Crippen molar-refractivity contribution in [2.45, 2.75) is 31.5 Å². The van der Waals surface area contributed by atoms with Gasteiger partial charge in [0.1, 0.15) is 35.8 Å². The fourth-order valence-electron chi connectivity index (χ4n) is 3.18. The van der Waals surface area contributed by atoms with Gasteiger partial charge in [-0.1, -0.05) is 24.3 Å². The summed E-state index contributed by atoms with van der Waals surface area (Å²) in [6, 6.07) is 7.84. The number of nitrogens with zero attached hydrogens (tertiary/aromatic N) is 4. The van der Waals surface area contributed by atoms with Gasteiger partial charge in [0.2, 0.25) is 0 Å². The quantitative estimate of drug-likeness (QED) is 0.632. The van der Waals surface area contributed by atoms with Crippen molar-refractivity contribution in [2.24, 2.45) is 0 Å². The molecular formula is C17H18N4O4. The van der Waals surface area contributed by atoms with E-state index >= 15 is 0 Å². The first-order valence-corrected chi connectivity index (χ1v) is 7.98. The lowest BCUT2D eigenvalue weighted by Crippen LogP contribution is -2.33. The largest absolute Gasteiger partial charge is 0.394 e. The first-order valence-electron chi connectivity index (χ1n) is 7.98. The summed E-state index contributed by atoms with van der Waals surface area (Å²) in [6.07, 6.45) is -1.16. The molecule has 0 spiro atoms. The monoisotopic (exact) mass is 342 g/mol. The van der Waals surface area contributed by atoms with Gasteiger partial charge in [0.05, 0.1) is 12.9 Å². The number of aliphatic hydroxyl groups is 3. The average molecular weight is 342 g/mol. The lowest BCUT2D eigenvalue weighted by molar-refractivity contribution is -0.0511. The molecule has 1 fully saturated rings. The molecule has 1 aliphatic heterocycles. The molecule has 1 unspecified atom stereocenters. The molecule has 8 heteroatoms. The number of aryl methyl sites for hydroxylation is 1. The van der Waals surface area contributed by atoms with Crippen molar-refractivity contribution in [1.82, 2.24) is 19.5 Å². The van der Waals surface area contributed by atoms with Crippen LogP contribution in [0.2, 0.25) is 0 Å². The molecule has 3 N–H and O–H groups in total. The molecule has 8 nitrogen and oxygen atoms in total. The van der Waals surface area contributed by atoms with Crippen molar-refractivity contribution in [3.8, 4) is 11.3 Å². The third-order valence-corrected chi connectivity index (χ3v) is 4.55. The molecule has 0 amide bonds. The van der Waals surface area contributed by atoms with Crippen molar-refractivity contribution in [3.63, 3.8) is 0 Å². The second kappa shape index (κ2) is 6.16. The summed E-state index contributed by atoms with van der Waals surface area (Å²) in [4.78, 5) is 13.0. The van der Waals surface area contributed by atoms with Crippen molar-refractivity contribution < 1.29 is 20.1 Å². The number of rotatable bonds is 3. The third-order valence-electron chi connectivity index (χ3n) is 4.55. The highest BCUT2D eigenvalue weighted by molar-refractivity contribution is 5.88. The minimum atomic E-state index is -1.19. The van der Waals surface area contributed by atoms with Gasteiger partial charge in [0, 0.05) is 5.56 Å². The Morgan fingerprint density at radius 1 is 1.12 bits per heavy atom. The second-order valence-electron chi connectivity index (χ2n) is 6.09. The van der Waals surface area contributed by atoms with E-state index in [9.17, 15) is 15.3 Å². The standard InChI is InChI=1S/C17H18N4O4/c1-9-4-2-3-5-10(9)12-13-16(19-7-18-12)21(8-20-13)17-15(24)14(23)11(6-22)25-17/h2-5,7-8,11,14-15,17,22-24H,6H2,1H3/t11-,14-,15-,17?/m1/s1. The fourth-order valence-corrected chi connectivity index (χ4v) is 3.18. The summed E-state index contributed by atoms with van der Waals surface area (Å²) in [7, 11) is 0.